The molecule has 3 fully saturated rings. The molecular formula is C28H37F4N2O4P. The quantitative estimate of drug-likeness (QED) is 0.130. The van der Waals surface area contributed by atoms with E-state index < -0.39 is 25.5 Å². The van der Waals surface area contributed by atoms with Gasteiger partial charge in [0.15, 0.2) is 0 Å². The van der Waals surface area contributed by atoms with Crippen molar-refractivity contribution in [2.45, 2.75) is 69.2 Å². The number of rotatable bonds is 12. The summed E-state index contributed by atoms with van der Waals surface area (Å²) >= 11 is 0. The van der Waals surface area contributed by atoms with Gasteiger partial charge in [0, 0.05) is 0 Å². The molecule has 0 aromatic carbocycles. The van der Waals surface area contributed by atoms with Crippen LogP contribution >= 0.6 is 7.26 Å². The standard InChI is InChI=1S/C28H37F4N2O4P/c1-2-18(6-5-12-28(30,31)32)16-34-27(37)39(14-3-4-15-39)24(36)11-13-33-23(35)17-38-26-21-9-10-22(26)20-8-7-19(21)25(20)29/h2,5-6,12,24-26,36,39H,1,3-4,7-11,13-17H2,(H,33,35)(H,34,37)/b12-5+,18-6+. The van der Waals surface area contributed by atoms with E-state index in [0.717, 1.165) is 66.9 Å². The first-order valence-electron chi connectivity index (χ1n) is 13.6. The summed E-state index contributed by atoms with van der Waals surface area (Å²) in [6.45, 7) is 3.63. The Bertz CT molecular complexity index is 1080. The van der Waals surface area contributed by atoms with E-state index in [-0.39, 0.29) is 49.9 Å². The molecule has 0 radical (unpaired) electrons. The van der Waals surface area contributed by atoms with Crippen LogP contribution in [-0.4, -0.2) is 73.0 Å². The molecule has 4 bridgehead atoms. The van der Waals surface area contributed by atoms with Gasteiger partial charge in [-0.25, -0.2) is 0 Å². The van der Waals surface area contributed by atoms with E-state index in [1.807, 2.05) is 0 Å². The Hall–Kier alpha value is -2.29. The molecule has 2 amide bonds. The van der Waals surface area contributed by atoms with Crippen molar-refractivity contribution in [3.8, 4) is 0 Å². The van der Waals surface area contributed by atoms with Crippen molar-refractivity contribution >= 4 is 18.8 Å². The van der Waals surface area contributed by atoms with E-state index in [1.54, 1.807) is 0 Å². The molecule has 1 unspecified atom stereocenters. The van der Waals surface area contributed by atoms with Gasteiger partial charge in [-0.3, -0.25) is 0 Å². The number of hydrogen-bond donors (Lipinski definition) is 3. The van der Waals surface area contributed by atoms with Gasteiger partial charge in [-0.15, -0.1) is 0 Å². The molecule has 11 heteroatoms. The van der Waals surface area contributed by atoms with Crippen LogP contribution in [0.25, 0.3) is 0 Å². The summed E-state index contributed by atoms with van der Waals surface area (Å²) < 4.78 is 57.4. The third kappa shape index (κ3) is 6.72. The van der Waals surface area contributed by atoms with Crippen LogP contribution in [0.2, 0.25) is 0 Å². The number of halogens is 4. The second-order valence-corrected chi connectivity index (χ2v) is 15.1. The normalized spacial score (nSPS) is 25.8. The molecule has 6 nitrogen and oxygen atoms in total. The first-order valence-corrected chi connectivity index (χ1v) is 16.0. The molecule has 1 aliphatic heterocycles. The maximum atomic E-state index is 14.5. The summed E-state index contributed by atoms with van der Waals surface area (Å²) in [4.78, 5) is 25.6. The number of nitrogens with one attached hydrogen (secondary N) is 2. The van der Waals surface area contributed by atoms with E-state index in [9.17, 15) is 32.3 Å². The summed E-state index contributed by atoms with van der Waals surface area (Å²) in [5.74, 6) is -1.19. The SMILES string of the molecule is C=C/C(=C\C=C\C(F)(F)F)CNC(=O)[PH]1(C(O)CCNC(=O)COC2C3=C4CCC(=C2CC3)C4F)CCCC1. The van der Waals surface area contributed by atoms with Crippen molar-refractivity contribution in [2.75, 3.05) is 32.0 Å². The van der Waals surface area contributed by atoms with Gasteiger partial charge in [-0.2, -0.15) is 0 Å². The van der Waals surface area contributed by atoms with Gasteiger partial charge >= 0.3 is 226 Å². The summed E-state index contributed by atoms with van der Waals surface area (Å²) in [5.41, 5.74) is 3.84. The Balaban J connectivity index is 1.24. The number of carbonyl (C=O) groups is 2. The number of alkyl halides is 4. The third-order valence-electron chi connectivity index (χ3n) is 8.41. The van der Waals surface area contributed by atoms with Crippen molar-refractivity contribution in [1.29, 1.82) is 0 Å². The number of carbonyl (C=O) groups excluding carboxylic acids is 2. The molecule has 1 atom stereocenters. The van der Waals surface area contributed by atoms with E-state index >= 15 is 0 Å². The fourth-order valence-electron chi connectivity index (χ4n) is 6.37. The van der Waals surface area contributed by atoms with E-state index in [1.165, 1.54) is 12.2 Å². The zero-order valence-electron chi connectivity index (χ0n) is 21.9. The van der Waals surface area contributed by atoms with Crippen molar-refractivity contribution in [3.63, 3.8) is 0 Å². The molecule has 4 aliphatic rings. The predicted molar refractivity (Wildman–Crippen MR) is 145 cm³/mol. The number of fused-ring (bicyclic) bond motifs is 4. The van der Waals surface area contributed by atoms with Gasteiger partial charge in [0.05, 0.1) is 0 Å². The summed E-state index contributed by atoms with van der Waals surface area (Å²) in [5, 5.41) is 16.6. The Morgan fingerprint density at radius 1 is 1.08 bits per heavy atom. The van der Waals surface area contributed by atoms with Crippen LogP contribution in [-0.2, 0) is 9.53 Å². The predicted octanol–water partition coefficient (Wildman–Crippen LogP) is 5.21. The Morgan fingerprint density at radius 2 is 1.69 bits per heavy atom. The van der Waals surface area contributed by atoms with E-state index in [2.05, 4.69) is 17.2 Å². The second kappa shape index (κ2) is 12.5. The summed E-state index contributed by atoms with van der Waals surface area (Å²) in [6, 6.07) is 0. The number of hydrogen-bond acceptors (Lipinski definition) is 4. The molecule has 216 valence electrons. The molecule has 39 heavy (non-hydrogen) atoms. The van der Waals surface area contributed by atoms with Crippen LogP contribution in [0.5, 0.6) is 0 Å². The average Bonchev–Trinajstić information content (AvgIpc) is 3.57. The van der Waals surface area contributed by atoms with Crippen molar-refractivity contribution < 1.29 is 37.0 Å². The van der Waals surface area contributed by atoms with Gasteiger partial charge in [0.2, 0.25) is 0 Å². The number of aliphatic hydroxyl groups excluding tert-OH is 1. The minimum absolute atomic E-state index is 0.0146. The summed E-state index contributed by atoms with van der Waals surface area (Å²) in [6.07, 6.45) is 4.05. The number of aliphatic hydroxyl groups is 1. The molecule has 0 aromatic rings. The van der Waals surface area contributed by atoms with Crippen molar-refractivity contribution in [2.24, 2.45) is 0 Å². The molecule has 1 heterocycles. The Morgan fingerprint density at radius 3 is 2.28 bits per heavy atom. The van der Waals surface area contributed by atoms with Gasteiger partial charge in [0.1, 0.15) is 0 Å². The Kier molecular flexibility index (Phi) is 9.50. The second-order valence-electron chi connectivity index (χ2n) is 10.7. The van der Waals surface area contributed by atoms with Gasteiger partial charge in [-0.1, -0.05) is 0 Å². The molecule has 4 rings (SSSR count). The van der Waals surface area contributed by atoms with Crippen LogP contribution in [0.15, 0.2) is 58.7 Å². The van der Waals surface area contributed by atoms with Crippen LogP contribution in [0.1, 0.15) is 44.9 Å². The van der Waals surface area contributed by atoms with Crippen molar-refractivity contribution in [3.05, 3.63) is 58.7 Å². The van der Waals surface area contributed by atoms with Gasteiger partial charge < -0.3 is 0 Å². The number of ether oxygens (including phenoxy) is 1. The topological polar surface area (TPSA) is 87.7 Å². The Labute approximate surface area is 226 Å². The monoisotopic (exact) mass is 572 g/mol. The van der Waals surface area contributed by atoms with Crippen LogP contribution < -0.4 is 10.6 Å². The van der Waals surface area contributed by atoms with Crippen LogP contribution in [0.3, 0.4) is 0 Å². The molecule has 3 aliphatic carbocycles. The maximum absolute atomic E-state index is 14.5. The average molecular weight is 573 g/mol. The molecule has 1 saturated heterocycles. The third-order valence-corrected chi connectivity index (χ3v) is 13.6. The molecule has 3 N–H and O–H groups in total. The van der Waals surface area contributed by atoms with E-state index in [0.29, 0.717) is 17.9 Å². The fourth-order valence-corrected chi connectivity index (χ4v) is 10.9. The zero-order chi connectivity index (χ0) is 28.2. The summed E-state index contributed by atoms with van der Waals surface area (Å²) in [7, 11) is -2.81. The van der Waals surface area contributed by atoms with Gasteiger partial charge in [-0.05, 0) is 0 Å². The fraction of sp³-hybridized carbons (Fsp3) is 0.571. The minimum atomic E-state index is -4.43. The first-order chi connectivity index (χ1) is 18.6. The van der Waals surface area contributed by atoms with Crippen LogP contribution in [0.4, 0.5) is 22.4 Å². The van der Waals surface area contributed by atoms with Crippen LogP contribution in [0, 0.1) is 0 Å². The van der Waals surface area contributed by atoms with Gasteiger partial charge in [0.25, 0.3) is 0 Å². The van der Waals surface area contributed by atoms with E-state index in [4.69, 9.17) is 4.74 Å². The number of amides is 2. The molecule has 0 aromatic heterocycles. The molecule has 2 saturated carbocycles. The van der Waals surface area contributed by atoms with Crippen molar-refractivity contribution in [1.82, 2.24) is 10.6 Å². The first kappa shape index (κ1) is 29.7. The zero-order valence-corrected chi connectivity index (χ0v) is 22.9. The molecule has 0 spiro atoms. The molecular weight excluding hydrogens is 535 g/mol. The number of allylic oxidation sites excluding steroid dienone is 5.